The smallest absolute Gasteiger partial charge is 0.233 e. The maximum absolute atomic E-state index is 12.4. The molecule has 25 heavy (non-hydrogen) atoms. The predicted molar refractivity (Wildman–Crippen MR) is 105 cm³/mol. The van der Waals surface area contributed by atoms with Crippen molar-refractivity contribution in [1.29, 1.82) is 0 Å². The highest BCUT2D eigenvalue weighted by Crippen LogP contribution is 2.35. The summed E-state index contributed by atoms with van der Waals surface area (Å²) in [4.78, 5) is 23.4. The third-order valence-electron chi connectivity index (χ3n) is 4.14. The molecule has 1 aromatic carbocycles. The van der Waals surface area contributed by atoms with Gasteiger partial charge in [0.15, 0.2) is 0 Å². The summed E-state index contributed by atoms with van der Waals surface area (Å²) in [5.41, 5.74) is 2.43. The second-order valence-electron chi connectivity index (χ2n) is 5.93. The number of fused-ring (bicyclic) bond motifs is 1. The molecule has 0 saturated carbocycles. The first-order chi connectivity index (χ1) is 12.1. The molecule has 0 aliphatic rings. The summed E-state index contributed by atoms with van der Waals surface area (Å²) in [6.45, 7) is 6.75. The van der Waals surface area contributed by atoms with E-state index in [1.54, 1.807) is 17.7 Å². The van der Waals surface area contributed by atoms with Gasteiger partial charge in [-0.15, -0.1) is 11.3 Å². The van der Waals surface area contributed by atoms with Gasteiger partial charge in [-0.25, -0.2) is 9.97 Å². The minimum atomic E-state index is -0.200. The number of amides is 1. The van der Waals surface area contributed by atoms with Crippen molar-refractivity contribution in [3.63, 3.8) is 0 Å². The van der Waals surface area contributed by atoms with Gasteiger partial charge in [0, 0.05) is 16.8 Å². The highest BCUT2D eigenvalue weighted by Gasteiger charge is 2.19. The lowest BCUT2D eigenvalue weighted by molar-refractivity contribution is -0.120. The second kappa shape index (κ2) is 7.97. The Balaban J connectivity index is 1.62. The molecule has 3 rings (SSSR count). The lowest BCUT2D eigenvalue weighted by atomic mass is 10.1. The maximum atomic E-state index is 12.4. The van der Waals surface area contributed by atoms with Gasteiger partial charge in [-0.05, 0) is 38.3 Å². The van der Waals surface area contributed by atoms with Crippen LogP contribution in [0.4, 0.5) is 0 Å². The Morgan fingerprint density at radius 1 is 1.24 bits per heavy atom. The standard InChI is InChI=1S/C19H21N3OS2/c1-12-13(2)24-18-16(12)19(22-11-21-18)25-14(3)17(23)20-10-9-15-7-5-4-6-8-15/h4-8,11,14H,9-10H2,1-3H3,(H,20,23)/t14-/m0/s1. The van der Waals surface area contributed by atoms with Crippen molar-refractivity contribution in [2.75, 3.05) is 6.54 Å². The number of thiophene rings is 1. The van der Waals surface area contributed by atoms with Crippen LogP contribution < -0.4 is 5.32 Å². The number of nitrogens with zero attached hydrogens (tertiary/aromatic N) is 2. The number of carbonyl (C=O) groups excluding carboxylic acids is 1. The highest BCUT2D eigenvalue weighted by molar-refractivity contribution is 8.00. The molecule has 2 aromatic heterocycles. The fraction of sp³-hybridized carbons (Fsp3) is 0.316. The quantitative estimate of drug-likeness (QED) is 0.522. The lowest BCUT2D eigenvalue weighted by Gasteiger charge is -2.12. The van der Waals surface area contributed by atoms with Gasteiger partial charge in [0.25, 0.3) is 0 Å². The predicted octanol–water partition coefficient (Wildman–Crippen LogP) is 4.15. The Morgan fingerprint density at radius 2 is 2.00 bits per heavy atom. The van der Waals surface area contributed by atoms with Crippen LogP contribution in [0, 0.1) is 13.8 Å². The number of hydrogen-bond donors (Lipinski definition) is 1. The van der Waals surface area contributed by atoms with Crippen LogP contribution in [0.5, 0.6) is 0 Å². The molecule has 0 aliphatic heterocycles. The topological polar surface area (TPSA) is 54.9 Å². The zero-order valence-corrected chi connectivity index (χ0v) is 16.2. The van der Waals surface area contributed by atoms with Crippen molar-refractivity contribution in [3.05, 3.63) is 52.7 Å². The summed E-state index contributed by atoms with van der Waals surface area (Å²) in [5, 5.41) is 4.79. The first-order valence-electron chi connectivity index (χ1n) is 8.25. The van der Waals surface area contributed by atoms with Gasteiger partial charge in [-0.1, -0.05) is 42.1 Å². The van der Waals surface area contributed by atoms with E-state index >= 15 is 0 Å². The van der Waals surface area contributed by atoms with Gasteiger partial charge in [-0.2, -0.15) is 0 Å². The summed E-state index contributed by atoms with van der Waals surface area (Å²) in [7, 11) is 0. The number of aromatic nitrogens is 2. The van der Waals surface area contributed by atoms with Gasteiger partial charge >= 0.3 is 0 Å². The normalized spacial score (nSPS) is 12.3. The monoisotopic (exact) mass is 371 g/mol. The average molecular weight is 372 g/mol. The van der Waals surface area contributed by atoms with Crippen LogP contribution in [0.1, 0.15) is 22.9 Å². The summed E-state index contributed by atoms with van der Waals surface area (Å²) in [6, 6.07) is 10.2. The average Bonchev–Trinajstić information content (AvgIpc) is 2.91. The maximum Gasteiger partial charge on any atom is 0.233 e. The van der Waals surface area contributed by atoms with E-state index in [0.29, 0.717) is 6.54 Å². The van der Waals surface area contributed by atoms with E-state index in [1.165, 1.54) is 27.8 Å². The Labute approximate surface area is 156 Å². The van der Waals surface area contributed by atoms with Crippen LogP contribution in [0.3, 0.4) is 0 Å². The van der Waals surface area contributed by atoms with Crippen LogP contribution in [0.25, 0.3) is 10.2 Å². The van der Waals surface area contributed by atoms with Crippen molar-refractivity contribution in [1.82, 2.24) is 15.3 Å². The molecule has 6 heteroatoms. The zero-order chi connectivity index (χ0) is 17.8. The molecule has 1 amide bonds. The zero-order valence-electron chi connectivity index (χ0n) is 14.6. The largest absolute Gasteiger partial charge is 0.355 e. The molecule has 0 unspecified atom stereocenters. The van der Waals surface area contributed by atoms with Crippen LogP contribution in [-0.2, 0) is 11.2 Å². The second-order valence-corrected chi connectivity index (χ2v) is 8.46. The number of benzene rings is 1. The van der Waals surface area contributed by atoms with Crippen LogP contribution >= 0.6 is 23.1 Å². The van der Waals surface area contributed by atoms with E-state index < -0.39 is 0 Å². The third-order valence-corrected chi connectivity index (χ3v) is 6.36. The molecule has 4 nitrogen and oxygen atoms in total. The van der Waals surface area contributed by atoms with Crippen molar-refractivity contribution in [2.45, 2.75) is 37.5 Å². The van der Waals surface area contributed by atoms with Crippen molar-refractivity contribution in [2.24, 2.45) is 0 Å². The van der Waals surface area contributed by atoms with Crippen molar-refractivity contribution >= 4 is 39.2 Å². The fourth-order valence-electron chi connectivity index (χ4n) is 2.58. The summed E-state index contributed by atoms with van der Waals surface area (Å²) in [5.74, 6) is 0.0392. The molecular weight excluding hydrogens is 350 g/mol. The molecule has 0 radical (unpaired) electrons. The molecule has 2 heterocycles. The molecule has 130 valence electrons. The van der Waals surface area contributed by atoms with Crippen LogP contribution in [0.15, 0.2) is 41.7 Å². The van der Waals surface area contributed by atoms with E-state index in [-0.39, 0.29) is 11.2 Å². The van der Waals surface area contributed by atoms with Crippen LogP contribution in [0.2, 0.25) is 0 Å². The molecule has 3 aromatic rings. The molecule has 1 atom stereocenters. The molecule has 0 saturated heterocycles. The summed E-state index contributed by atoms with van der Waals surface area (Å²) >= 11 is 3.17. The van der Waals surface area contributed by atoms with E-state index in [9.17, 15) is 4.79 Å². The number of nitrogens with one attached hydrogen (secondary N) is 1. The SMILES string of the molecule is Cc1sc2ncnc(S[C@@H](C)C(=O)NCCc3ccccc3)c2c1C. The Kier molecular flexibility index (Phi) is 5.71. The molecular formula is C19H21N3OS2. The van der Waals surface area contributed by atoms with E-state index in [4.69, 9.17) is 0 Å². The van der Waals surface area contributed by atoms with Gasteiger partial charge in [0.05, 0.1) is 5.25 Å². The third kappa shape index (κ3) is 4.19. The summed E-state index contributed by atoms with van der Waals surface area (Å²) < 4.78 is 0. The van der Waals surface area contributed by atoms with Crippen molar-refractivity contribution in [3.8, 4) is 0 Å². The fourth-order valence-corrected chi connectivity index (χ4v) is 4.64. The number of rotatable bonds is 6. The van der Waals surface area contributed by atoms with Gasteiger partial charge in [0.2, 0.25) is 5.91 Å². The number of hydrogen-bond acceptors (Lipinski definition) is 5. The van der Waals surface area contributed by atoms with Crippen LogP contribution in [-0.4, -0.2) is 27.7 Å². The molecule has 0 spiro atoms. The Bertz CT molecular complexity index is 877. The minimum absolute atomic E-state index is 0.0392. The Hall–Kier alpha value is -1.92. The molecule has 0 fully saturated rings. The molecule has 0 aliphatic carbocycles. The number of carbonyl (C=O) groups is 1. The first kappa shape index (κ1) is 17.9. The summed E-state index contributed by atoms with van der Waals surface area (Å²) in [6.07, 6.45) is 2.42. The Morgan fingerprint density at radius 3 is 2.76 bits per heavy atom. The van der Waals surface area contributed by atoms with Gasteiger partial charge < -0.3 is 5.32 Å². The van der Waals surface area contributed by atoms with E-state index in [0.717, 1.165) is 21.7 Å². The molecule has 1 N–H and O–H groups in total. The molecule has 0 bridgehead atoms. The van der Waals surface area contributed by atoms with Gasteiger partial charge in [-0.3, -0.25) is 4.79 Å². The number of thioether (sulfide) groups is 1. The first-order valence-corrected chi connectivity index (χ1v) is 9.95. The van der Waals surface area contributed by atoms with Crippen molar-refractivity contribution < 1.29 is 4.79 Å². The minimum Gasteiger partial charge on any atom is -0.355 e. The van der Waals surface area contributed by atoms with E-state index in [2.05, 4.69) is 41.3 Å². The van der Waals surface area contributed by atoms with E-state index in [1.807, 2.05) is 25.1 Å². The van der Waals surface area contributed by atoms with Gasteiger partial charge in [0.1, 0.15) is 16.2 Å². The number of aryl methyl sites for hydroxylation is 2. The lowest BCUT2D eigenvalue weighted by Crippen LogP contribution is -2.32. The highest BCUT2D eigenvalue weighted by atomic mass is 32.2.